The van der Waals surface area contributed by atoms with Crippen molar-refractivity contribution < 1.29 is 9.18 Å². The molecule has 2 aromatic rings. The van der Waals surface area contributed by atoms with Crippen LogP contribution in [-0.4, -0.2) is 40.2 Å². The van der Waals surface area contributed by atoms with E-state index in [0.717, 1.165) is 44.1 Å². The second-order valence-corrected chi connectivity index (χ2v) is 8.14. The van der Waals surface area contributed by atoms with E-state index in [2.05, 4.69) is 27.2 Å². The van der Waals surface area contributed by atoms with Crippen molar-refractivity contribution in [1.29, 1.82) is 0 Å². The summed E-state index contributed by atoms with van der Waals surface area (Å²) in [6.45, 7) is 1.54. The maximum absolute atomic E-state index is 13.3. The number of rotatable bonds is 3. The summed E-state index contributed by atoms with van der Waals surface area (Å²) in [6.07, 6.45) is 5.39. The Morgan fingerprint density at radius 2 is 1.86 bits per heavy atom. The number of amides is 1. The summed E-state index contributed by atoms with van der Waals surface area (Å²) in [5.74, 6) is 0.663. The summed E-state index contributed by atoms with van der Waals surface area (Å²) in [5, 5.41) is 6.07. The standard InChI is InChI=1S/C21H23FN6O/c22-17-10-24-21(26-19(17)23)27-11-15-8-14(9-16(15)12-27)20(29)28-18(6-7-25-28)13-4-2-1-3-5-13/h1-5,7,10,14-16,18H,6,8-9,11-12H2,(H2,23,24,26)/t14?,15-,16+,18-/m1/s1. The van der Waals surface area contributed by atoms with Gasteiger partial charge in [-0.05, 0) is 30.2 Å². The van der Waals surface area contributed by atoms with Gasteiger partial charge in [0.1, 0.15) is 0 Å². The van der Waals surface area contributed by atoms with Gasteiger partial charge in [0.2, 0.25) is 11.9 Å². The Bertz CT molecular complexity index is 937. The van der Waals surface area contributed by atoms with Gasteiger partial charge in [-0.25, -0.2) is 14.4 Å². The minimum atomic E-state index is -0.599. The third kappa shape index (κ3) is 3.22. The fourth-order valence-electron chi connectivity index (χ4n) is 4.95. The fourth-order valence-corrected chi connectivity index (χ4v) is 4.95. The van der Waals surface area contributed by atoms with E-state index < -0.39 is 5.82 Å². The van der Waals surface area contributed by atoms with Crippen LogP contribution in [0.5, 0.6) is 0 Å². The summed E-state index contributed by atoms with van der Waals surface area (Å²) in [4.78, 5) is 23.4. The third-order valence-electron chi connectivity index (χ3n) is 6.38. The number of benzene rings is 1. The molecular weight excluding hydrogens is 371 g/mol. The molecule has 1 saturated carbocycles. The largest absolute Gasteiger partial charge is 0.381 e. The van der Waals surface area contributed by atoms with Crippen molar-refractivity contribution in [3.63, 3.8) is 0 Å². The number of nitrogens with zero attached hydrogens (tertiary/aromatic N) is 5. The molecule has 1 aromatic carbocycles. The van der Waals surface area contributed by atoms with Crippen molar-refractivity contribution in [3.8, 4) is 0 Å². The maximum atomic E-state index is 13.3. The van der Waals surface area contributed by atoms with E-state index in [1.54, 1.807) is 5.01 Å². The molecule has 4 atom stereocenters. The second-order valence-electron chi connectivity index (χ2n) is 8.14. The number of fused-ring (bicyclic) bond motifs is 1. The van der Waals surface area contributed by atoms with Crippen LogP contribution in [0.15, 0.2) is 41.6 Å². The zero-order valence-electron chi connectivity index (χ0n) is 16.0. The summed E-state index contributed by atoms with van der Waals surface area (Å²) < 4.78 is 13.3. The van der Waals surface area contributed by atoms with E-state index in [1.807, 2.05) is 29.3 Å². The molecule has 8 heteroatoms. The van der Waals surface area contributed by atoms with E-state index in [4.69, 9.17) is 5.73 Å². The maximum Gasteiger partial charge on any atom is 0.246 e. The van der Waals surface area contributed by atoms with Gasteiger partial charge in [-0.15, -0.1) is 0 Å². The Hall–Kier alpha value is -3.03. The number of hydrazone groups is 1. The number of anilines is 2. The van der Waals surface area contributed by atoms with Gasteiger partial charge in [0.25, 0.3) is 0 Å². The molecule has 3 heterocycles. The van der Waals surface area contributed by atoms with E-state index in [9.17, 15) is 9.18 Å². The highest BCUT2D eigenvalue weighted by Crippen LogP contribution is 2.44. The average molecular weight is 394 g/mol. The molecule has 29 heavy (non-hydrogen) atoms. The lowest BCUT2D eigenvalue weighted by Gasteiger charge is -2.26. The monoisotopic (exact) mass is 394 g/mol. The van der Waals surface area contributed by atoms with Crippen LogP contribution >= 0.6 is 0 Å². The molecule has 1 amide bonds. The topological polar surface area (TPSA) is 87.7 Å². The van der Waals surface area contributed by atoms with Gasteiger partial charge in [-0.2, -0.15) is 10.1 Å². The van der Waals surface area contributed by atoms with Gasteiger partial charge in [-0.3, -0.25) is 4.79 Å². The molecule has 0 radical (unpaired) electrons. The zero-order valence-corrected chi connectivity index (χ0v) is 16.0. The van der Waals surface area contributed by atoms with Crippen LogP contribution in [0, 0.1) is 23.6 Å². The molecule has 0 bridgehead atoms. The van der Waals surface area contributed by atoms with Crippen LogP contribution in [0.4, 0.5) is 16.2 Å². The molecular formula is C21H23FN6O. The van der Waals surface area contributed by atoms with Crippen molar-refractivity contribution in [2.45, 2.75) is 25.3 Å². The molecule has 2 N–H and O–H groups in total. The minimum absolute atomic E-state index is 0.00349. The molecule has 2 fully saturated rings. The van der Waals surface area contributed by atoms with Gasteiger partial charge < -0.3 is 10.6 Å². The quantitative estimate of drug-likeness (QED) is 0.865. The molecule has 1 aliphatic carbocycles. The van der Waals surface area contributed by atoms with Crippen LogP contribution in [0.2, 0.25) is 0 Å². The Morgan fingerprint density at radius 3 is 2.55 bits per heavy atom. The number of nitrogens with two attached hydrogens (primary N) is 1. The number of hydrogen-bond donors (Lipinski definition) is 1. The Morgan fingerprint density at radius 1 is 1.14 bits per heavy atom. The van der Waals surface area contributed by atoms with E-state index in [1.165, 1.54) is 0 Å². The lowest BCUT2D eigenvalue weighted by atomic mass is 10.0. The van der Waals surface area contributed by atoms with Crippen LogP contribution in [0.3, 0.4) is 0 Å². The highest BCUT2D eigenvalue weighted by atomic mass is 19.1. The van der Waals surface area contributed by atoms with Gasteiger partial charge >= 0.3 is 0 Å². The van der Waals surface area contributed by atoms with Crippen LogP contribution in [0.1, 0.15) is 30.9 Å². The van der Waals surface area contributed by atoms with Crippen LogP contribution in [0.25, 0.3) is 0 Å². The second kappa shape index (κ2) is 7.09. The molecule has 1 saturated heterocycles. The summed E-state index contributed by atoms with van der Waals surface area (Å²) in [7, 11) is 0. The molecule has 3 aliphatic rings. The molecule has 1 unspecified atom stereocenters. The molecule has 5 rings (SSSR count). The van der Waals surface area contributed by atoms with E-state index in [-0.39, 0.29) is 23.7 Å². The van der Waals surface area contributed by atoms with Crippen molar-refractivity contribution in [2.24, 2.45) is 22.9 Å². The summed E-state index contributed by atoms with van der Waals surface area (Å²) in [6, 6.07) is 10.1. The zero-order chi connectivity index (χ0) is 20.0. The number of carbonyl (C=O) groups excluding carboxylic acids is 1. The molecule has 0 spiro atoms. The Kier molecular flexibility index (Phi) is 4.41. The molecule has 1 aromatic heterocycles. The number of carbonyl (C=O) groups is 1. The smallest absolute Gasteiger partial charge is 0.246 e. The molecule has 2 aliphatic heterocycles. The molecule has 150 valence electrons. The fraction of sp³-hybridized carbons (Fsp3) is 0.429. The van der Waals surface area contributed by atoms with E-state index >= 15 is 0 Å². The SMILES string of the molecule is Nc1nc(N2C[C@H]3CC(C(=O)N4N=CC[C@@H]4c4ccccc4)C[C@H]3C2)ncc1F. The predicted molar refractivity (Wildman–Crippen MR) is 107 cm³/mol. The molecule has 7 nitrogen and oxygen atoms in total. The van der Waals surface area contributed by atoms with Gasteiger partial charge in [0, 0.05) is 31.6 Å². The number of nitrogen functional groups attached to an aromatic ring is 1. The first-order valence-electron chi connectivity index (χ1n) is 10.0. The number of halogens is 1. The Labute approximate surface area is 168 Å². The van der Waals surface area contributed by atoms with Crippen molar-refractivity contribution in [2.75, 3.05) is 23.7 Å². The summed E-state index contributed by atoms with van der Waals surface area (Å²) in [5.41, 5.74) is 6.70. The Balaban J connectivity index is 1.25. The lowest BCUT2D eigenvalue weighted by Crippen LogP contribution is -2.33. The lowest BCUT2D eigenvalue weighted by molar-refractivity contribution is -0.137. The highest BCUT2D eigenvalue weighted by molar-refractivity contribution is 5.82. The number of hydrogen-bond acceptors (Lipinski definition) is 6. The van der Waals surface area contributed by atoms with Crippen molar-refractivity contribution in [3.05, 3.63) is 47.9 Å². The van der Waals surface area contributed by atoms with Crippen LogP contribution < -0.4 is 10.6 Å². The highest BCUT2D eigenvalue weighted by Gasteiger charge is 2.46. The minimum Gasteiger partial charge on any atom is -0.381 e. The van der Waals surface area contributed by atoms with Crippen molar-refractivity contribution >= 4 is 23.9 Å². The predicted octanol–water partition coefficient (Wildman–Crippen LogP) is 2.62. The third-order valence-corrected chi connectivity index (χ3v) is 6.38. The van der Waals surface area contributed by atoms with E-state index in [0.29, 0.717) is 17.8 Å². The van der Waals surface area contributed by atoms with Gasteiger partial charge in [0.05, 0.1) is 12.2 Å². The first-order chi connectivity index (χ1) is 14.1. The number of aromatic nitrogens is 2. The normalized spacial score (nSPS) is 28.2. The van der Waals surface area contributed by atoms with Gasteiger partial charge in [0.15, 0.2) is 11.6 Å². The summed E-state index contributed by atoms with van der Waals surface area (Å²) >= 11 is 0. The van der Waals surface area contributed by atoms with Crippen LogP contribution in [-0.2, 0) is 4.79 Å². The first kappa shape index (κ1) is 18.0. The first-order valence-corrected chi connectivity index (χ1v) is 10.0. The van der Waals surface area contributed by atoms with Gasteiger partial charge in [-0.1, -0.05) is 30.3 Å². The average Bonchev–Trinajstić information content (AvgIpc) is 3.45. The van der Waals surface area contributed by atoms with Crippen molar-refractivity contribution in [1.82, 2.24) is 15.0 Å².